The molecule has 3 aromatic rings. The summed E-state index contributed by atoms with van der Waals surface area (Å²) in [5, 5.41) is 9.74. The summed E-state index contributed by atoms with van der Waals surface area (Å²) in [5.74, 6) is -1.85. The van der Waals surface area contributed by atoms with Crippen LogP contribution in [0.1, 0.15) is 38.5 Å². The topological polar surface area (TPSA) is 94.7 Å². The maximum absolute atomic E-state index is 14.5. The predicted octanol–water partition coefficient (Wildman–Crippen LogP) is 3.63. The Labute approximate surface area is 188 Å². The van der Waals surface area contributed by atoms with Crippen molar-refractivity contribution in [3.63, 3.8) is 0 Å². The van der Waals surface area contributed by atoms with Crippen molar-refractivity contribution in [3.05, 3.63) is 42.0 Å². The molecular weight excluding hydrogens is 433 g/mol. The van der Waals surface area contributed by atoms with Crippen LogP contribution in [0.25, 0.3) is 22.3 Å². The van der Waals surface area contributed by atoms with Crippen LogP contribution < -0.4 is 16.0 Å². The average molecular weight is 458 g/mol. The molecule has 7 nitrogen and oxygen atoms in total. The molecule has 33 heavy (non-hydrogen) atoms. The van der Waals surface area contributed by atoms with Gasteiger partial charge in [0.15, 0.2) is 17.5 Å². The summed E-state index contributed by atoms with van der Waals surface area (Å²) in [6, 6.07) is 1.79. The van der Waals surface area contributed by atoms with E-state index in [9.17, 15) is 18.0 Å². The Morgan fingerprint density at radius 1 is 1.06 bits per heavy atom. The second kappa shape index (κ2) is 9.01. The Hall–Kier alpha value is -3.14. The normalized spacial score (nSPS) is 23.1. The van der Waals surface area contributed by atoms with Crippen molar-refractivity contribution in [2.24, 2.45) is 0 Å². The number of nitrogens with zero attached hydrogens (tertiary/aromatic N) is 2. The lowest BCUT2D eigenvalue weighted by molar-refractivity contribution is -0.123. The minimum atomic E-state index is -0.722. The molecule has 0 bridgehead atoms. The van der Waals surface area contributed by atoms with E-state index in [0.717, 1.165) is 50.9 Å². The largest absolute Gasteiger partial charge is 0.365 e. The van der Waals surface area contributed by atoms with E-state index in [1.807, 2.05) is 0 Å². The van der Waals surface area contributed by atoms with Crippen LogP contribution in [-0.2, 0) is 4.79 Å². The number of carbonyl (C=O) groups is 1. The SMILES string of the molecule is O=C(N[C@@H]1CCC[C@H](Nc2nc(-c3c[nH]c4c(F)cc(F)cc34)ncc2F)C1)[C@H]1CCCN1. The van der Waals surface area contributed by atoms with Gasteiger partial charge in [0.2, 0.25) is 5.91 Å². The van der Waals surface area contributed by atoms with Gasteiger partial charge in [-0.05, 0) is 51.1 Å². The van der Waals surface area contributed by atoms with Crippen LogP contribution >= 0.6 is 0 Å². The highest BCUT2D eigenvalue weighted by Crippen LogP contribution is 2.30. The monoisotopic (exact) mass is 458 g/mol. The number of hydrogen-bond acceptors (Lipinski definition) is 5. The fraction of sp³-hybridized carbons (Fsp3) is 0.435. The molecule has 174 valence electrons. The lowest BCUT2D eigenvalue weighted by Gasteiger charge is -2.31. The third kappa shape index (κ3) is 4.52. The summed E-state index contributed by atoms with van der Waals surface area (Å²) in [4.78, 5) is 23.5. The van der Waals surface area contributed by atoms with Gasteiger partial charge in [-0.3, -0.25) is 4.79 Å². The number of hydrogen-bond donors (Lipinski definition) is 4. The molecular formula is C23H25F3N6O. The van der Waals surface area contributed by atoms with Gasteiger partial charge in [-0.2, -0.15) is 0 Å². The Bertz CT molecular complexity index is 1180. The first-order valence-electron chi connectivity index (χ1n) is 11.3. The molecule has 0 radical (unpaired) electrons. The van der Waals surface area contributed by atoms with Crippen LogP contribution in [0, 0.1) is 17.5 Å². The highest BCUT2D eigenvalue weighted by molar-refractivity contribution is 5.94. The summed E-state index contributed by atoms with van der Waals surface area (Å²) in [7, 11) is 0. The van der Waals surface area contributed by atoms with Crippen molar-refractivity contribution in [3.8, 4) is 11.4 Å². The average Bonchev–Trinajstić information content (AvgIpc) is 3.46. The zero-order valence-corrected chi connectivity index (χ0v) is 17.9. The second-order valence-corrected chi connectivity index (χ2v) is 8.76. The number of carbonyl (C=O) groups excluding carboxylic acids is 1. The third-order valence-electron chi connectivity index (χ3n) is 6.43. The molecule has 1 saturated carbocycles. The Morgan fingerprint density at radius 3 is 2.73 bits per heavy atom. The maximum atomic E-state index is 14.5. The van der Waals surface area contributed by atoms with E-state index in [1.54, 1.807) is 0 Å². The van der Waals surface area contributed by atoms with Gasteiger partial charge in [-0.25, -0.2) is 23.1 Å². The van der Waals surface area contributed by atoms with Gasteiger partial charge in [-0.1, -0.05) is 0 Å². The predicted molar refractivity (Wildman–Crippen MR) is 118 cm³/mol. The van der Waals surface area contributed by atoms with Gasteiger partial charge in [0.05, 0.1) is 17.8 Å². The van der Waals surface area contributed by atoms with Gasteiger partial charge >= 0.3 is 0 Å². The van der Waals surface area contributed by atoms with E-state index in [4.69, 9.17) is 0 Å². The van der Waals surface area contributed by atoms with Crippen LogP contribution in [0.2, 0.25) is 0 Å². The van der Waals surface area contributed by atoms with Crippen molar-refractivity contribution >= 4 is 22.6 Å². The molecule has 1 aliphatic heterocycles. The van der Waals surface area contributed by atoms with Crippen LogP contribution in [0.15, 0.2) is 24.5 Å². The first-order chi connectivity index (χ1) is 16.0. The van der Waals surface area contributed by atoms with Crippen LogP contribution in [0.4, 0.5) is 19.0 Å². The lowest BCUT2D eigenvalue weighted by Crippen LogP contribution is -2.48. The number of nitrogens with one attached hydrogen (secondary N) is 4. The first kappa shape index (κ1) is 21.7. The van der Waals surface area contributed by atoms with Crippen LogP contribution in [0.5, 0.6) is 0 Å². The molecule has 1 amide bonds. The van der Waals surface area contributed by atoms with Crippen LogP contribution in [0.3, 0.4) is 0 Å². The van der Waals surface area contributed by atoms with Crippen molar-refractivity contribution in [1.82, 2.24) is 25.6 Å². The lowest BCUT2D eigenvalue weighted by atomic mass is 9.90. The third-order valence-corrected chi connectivity index (χ3v) is 6.43. The van der Waals surface area contributed by atoms with Gasteiger partial charge in [0, 0.05) is 35.3 Å². The Kier molecular flexibility index (Phi) is 5.92. The number of aromatic nitrogens is 3. The molecule has 0 unspecified atom stereocenters. The number of aromatic amines is 1. The zero-order chi connectivity index (χ0) is 22.9. The van der Waals surface area contributed by atoms with Crippen molar-refractivity contribution in [2.45, 2.75) is 56.7 Å². The Morgan fingerprint density at radius 2 is 1.91 bits per heavy atom. The molecule has 0 spiro atoms. The van der Waals surface area contributed by atoms with Gasteiger partial charge in [-0.15, -0.1) is 0 Å². The van der Waals surface area contributed by atoms with Crippen molar-refractivity contribution in [1.29, 1.82) is 0 Å². The van der Waals surface area contributed by atoms with Gasteiger partial charge in [0.25, 0.3) is 0 Å². The fourth-order valence-corrected chi connectivity index (χ4v) is 4.79. The van der Waals surface area contributed by atoms with E-state index >= 15 is 0 Å². The number of benzene rings is 1. The minimum Gasteiger partial charge on any atom is -0.365 e. The van der Waals surface area contributed by atoms with E-state index in [2.05, 4.69) is 30.9 Å². The van der Waals surface area contributed by atoms with Crippen molar-refractivity contribution in [2.75, 3.05) is 11.9 Å². The maximum Gasteiger partial charge on any atom is 0.237 e. The number of amides is 1. The summed E-state index contributed by atoms with van der Waals surface area (Å²) in [6.45, 7) is 0.859. The number of H-pyrrole nitrogens is 1. The molecule has 2 aromatic heterocycles. The molecule has 10 heteroatoms. The van der Waals surface area contributed by atoms with E-state index in [1.165, 1.54) is 12.3 Å². The first-order valence-corrected chi connectivity index (χ1v) is 11.3. The molecule has 1 aromatic carbocycles. The van der Waals surface area contributed by atoms with Gasteiger partial charge < -0.3 is 20.9 Å². The molecule has 2 aliphatic rings. The van der Waals surface area contributed by atoms with Crippen molar-refractivity contribution < 1.29 is 18.0 Å². The molecule has 4 N–H and O–H groups in total. The zero-order valence-electron chi connectivity index (χ0n) is 17.9. The summed E-state index contributed by atoms with van der Waals surface area (Å²) in [6.07, 6.45) is 7.61. The molecule has 2 fully saturated rings. The van der Waals surface area contributed by atoms with E-state index in [-0.39, 0.29) is 46.6 Å². The molecule has 5 rings (SSSR count). The van der Waals surface area contributed by atoms with Gasteiger partial charge in [0.1, 0.15) is 11.6 Å². The highest BCUT2D eigenvalue weighted by atomic mass is 19.1. The summed E-state index contributed by atoms with van der Waals surface area (Å²) in [5.41, 5.74) is 0.515. The number of halogens is 3. The second-order valence-electron chi connectivity index (χ2n) is 8.76. The smallest absolute Gasteiger partial charge is 0.237 e. The number of rotatable bonds is 5. The number of fused-ring (bicyclic) bond motifs is 1. The summed E-state index contributed by atoms with van der Waals surface area (Å²) < 4.78 is 42.3. The molecule has 3 atom stereocenters. The summed E-state index contributed by atoms with van der Waals surface area (Å²) >= 11 is 0. The molecule has 3 heterocycles. The molecule has 1 aliphatic carbocycles. The quantitative estimate of drug-likeness (QED) is 0.469. The molecule has 1 saturated heterocycles. The highest BCUT2D eigenvalue weighted by Gasteiger charge is 2.28. The minimum absolute atomic E-state index is 0.00934. The fourth-order valence-electron chi connectivity index (χ4n) is 4.79. The Balaban J connectivity index is 1.32. The standard InChI is InChI=1S/C23H25F3N6O/c24-12-7-15-16(10-28-20(15)17(25)8-12)21-29-11-18(26)22(32-21)30-13-3-1-4-14(9-13)31-23(33)19-5-2-6-27-19/h7-8,10-11,13-14,19,27-28H,1-6,9H2,(H,31,33)(H,29,30,32)/t13-,14+,19+/m0/s1. The van der Waals surface area contributed by atoms with E-state index in [0.29, 0.717) is 12.0 Å². The van der Waals surface area contributed by atoms with Crippen LogP contribution in [-0.4, -0.2) is 45.5 Å². The van der Waals surface area contributed by atoms with E-state index < -0.39 is 17.5 Å². The number of anilines is 1.